The predicted molar refractivity (Wildman–Crippen MR) is 83.8 cm³/mol. The molecule has 2 aromatic carbocycles. The highest BCUT2D eigenvalue weighted by Gasteiger charge is 2.15. The molecule has 1 heterocycles. The third-order valence-corrected chi connectivity index (χ3v) is 3.42. The summed E-state index contributed by atoms with van der Waals surface area (Å²) >= 11 is 0. The van der Waals surface area contributed by atoms with Gasteiger partial charge in [0.15, 0.2) is 0 Å². The van der Waals surface area contributed by atoms with Crippen LogP contribution in [0.15, 0.2) is 60.8 Å². The summed E-state index contributed by atoms with van der Waals surface area (Å²) in [5.74, 6) is 0. The first kappa shape index (κ1) is 14.4. The second-order valence-corrected chi connectivity index (χ2v) is 4.92. The molecular weight excluding hydrogens is 281 g/mol. The van der Waals surface area contributed by atoms with Crippen molar-refractivity contribution in [2.45, 2.75) is 6.61 Å². The van der Waals surface area contributed by atoms with Crippen molar-refractivity contribution in [3.63, 3.8) is 0 Å². The molecule has 0 aliphatic rings. The van der Waals surface area contributed by atoms with E-state index >= 15 is 0 Å². The molecule has 0 fully saturated rings. The first-order valence-electron chi connectivity index (χ1n) is 6.83. The van der Waals surface area contributed by atoms with E-state index < -0.39 is 13.2 Å². The van der Waals surface area contributed by atoms with Crippen molar-refractivity contribution in [1.82, 2.24) is 4.57 Å². The number of hydrogen-bond acceptors (Lipinski definition) is 4. The second kappa shape index (κ2) is 6.05. The fourth-order valence-corrected chi connectivity index (χ4v) is 2.25. The van der Waals surface area contributed by atoms with Crippen molar-refractivity contribution in [1.29, 1.82) is 0 Å². The molecule has 3 rings (SSSR count). The van der Waals surface area contributed by atoms with E-state index in [-0.39, 0.29) is 6.61 Å². The summed E-state index contributed by atoms with van der Waals surface area (Å²) in [6, 6.07) is 16.1. The lowest BCUT2D eigenvalue weighted by Crippen LogP contribution is -2.29. The molecule has 2 N–H and O–H groups in total. The first-order valence-corrected chi connectivity index (χ1v) is 6.83. The molecule has 0 spiro atoms. The second-order valence-electron chi connectivity index (χ2n) is 4.92. The van der Waals surface area contributed by atoms with Crippen LogP contribution in [0.5, 0.6) is 0 Å². The third-order valence-electron chi connectivity index (χ3n) is 3.42. The van der Waals surface area contributed by atoms with Crippen LogP contribution in [0.4, 0.5) is 4.79 Å². The number of benzene rings is 2. The Morgan fingerprint density at radius 3 is 2.59 bits per heavy atom. The van der Waals surface area contributed by atoms with Crippen molar-refractivity contribution in [2.75, 3.05) is 0 Å². The molecule has 5 nitrogen and oxygen atoms in total. The van der Waals surface area contributed by atoms with Crippen LogP contribution in [0.1, 0.15) is 5.56 Å². The highest BCUT2D eigenvalue weighted by Crippen LogP contribution is 2.15. The summed E-state index contributed by atoms with van der Waals surface area (Å²) < 4.78 is 6.63. The van der Waals surface area contributed by atoms with Gasteiger partial charge in [0.05, 0.1) is 5.52 Å². The van der Waals surface area contributed by atoms with Gasteiger partial charge < -0.3 is 14.8 Å². The molecule has 0 aliphatic heterocycles. The Balaban J connectivity index is 1.83. The van der Waals surface area contributed by atoms with Crippen molar-refractivity contribution < 1.29 is 19.6 Å². The quantitative estimate of drug-likeness (QED) is 0.718. The normalized spacial score (nSPS) is 10.6. The van der Waals surface area contributed by atoms with Gasteiger partial charge in [-0.15, -0.1) is 0 Å². The molecule has 0 aliphatic carbocycles. The highest BCUT2D eigenvalue weighted by atomic mass is 16.5. The maximum Gasteiger partial charge on any atom is 0.488 e. The number of fused-ring (bicyclic) bond motifs is 1. The minimum atomic E-state index is -1.58. The van der Waals surface area contributed by atoms with Crippen LogP contribution in [-0.2, 0) is 11.3 Å². The molecule has 1 aromatic heterocycles. The number of carbonyl (C=O) groups is 1. The molecule has 0 amide bonds. The van der Waals surface area contributed by atoms with Crippen molar-refractivity contribution in [3.8, 4) is 0 Å². The van der Waals surface area contributed by atoms with E-state index in [2.05, 4.69) is 0 Å². The summed E-state index contributed by atoms with van der Waals surface area (Å²) in [6.45, 7) is 0.182. The Labute approximate surface area is 127 Å². The van der Waals surface area contributed by atoms with E-state index in [9.17, 15) is 14.8 Å². The zero-order chi connectivity index (χ0) is 15.5. The van der Waals surface area contributed by atoms with Crippen LogP contribution in [-0.4, -0.2) is 27.8 Å². The number of ether oxygens (including phenoxy) is 1. The van der Waals surface area contributed by atoms with E-state index in [0.717, 1.165) is 10.9 Å². The lowest BCUT2D eigenvalue weighted by atomic mass is 9.80. The average Bonchev–Trinajstić information content (AvgIpc) is 2.96. The number of hydrogen-bond donors (Lipinski definition) is 2. The summed E-state index contributed by atoms with van der Waals surface area (Å²) in [5, 5.41) is 19.3. The van der Waals surface area contributed by atoms with Crippen molar-refractivity contribution in [3.05, 3.63) is 66.4 Å². The molecule has 3 aromatic rings. The van der Waals surface area contributed by atoms with E-state index in [1.165, 1.54) is 4.57 Å². The topological polar surface area (TPSA) is 71.7 Å². The van der Waals surface area contributed by atoms with Gasteiger partial charge in [0, 0.05) is 11.6 Å². The van der Waals surface area contributed by atoms with E-state index in [4.69, 9.17) is 4.74 Å². The maximum atomic E-state index is 12.2. The van der Waals surface area contributed by atoms with Crippen LogP contribution < -0.4 is 5.46 Å². The monoisotopic (exact) mass is 295 g/mol. The Kier molecular flexibility index (Phi) is 3.95. The van der Waals surface area contributed by atoms with Crippen molar-refractivity contribution in [2.24, 2.45) is 0 Å². The highest BCUT2D eigenvalue weighted by molar-refractivity contribution is 6.58. The van der Waals surface area contributed by atoms with Gasteiger partial charge in [-0.1, -0.05) is 42.5 Å². The first-order chi connectivity index (χ1) is 10.6. The van der Waals surface area contributed by atoms with E-state index in [1.807, 2.05) is 30.3 Å². The van der Waals surface area contributed by atoms with Gasteiger partial charge in [-0.2, -0.15) is 0 Å². The SMILES string of the molecule is O=C(OCc1ccccc1)n1ccc2ccc(B(O)O)cc21. The molecule has 0 saturated carbocycles. The lowest BCUT2D eigenvalue weighted by molar-refractivity contribution is 0.142. The zero-order valence-corrected chi connectivity index (χ0v) is 11.7. The lowest BCUT2D eigenvalue weighted by Gasteiger charge is -2.07. The van der Waals surface area contributed by atoms with E-state index in [0.29, 0.717) is 11.0 Å². The average molecular weight is 295 g/mol. The Morgan fingerprint density at radius 1 is 1.09 bits per heavy atom. The standard InChI is InChI=1S/C16H14BNO4/c19-16(22-11-12-4-2-1-3-5-12)18-9-8-13-6-7-14(17(20)21)10-15(13)18/h1-10,20-21H,11H2. The number of nitrogens with zero attached hydrogens (tertiary/aromatic N) is 1. The summed E-state index contributed by atoms with van der Waals surface area (Å²) in [5.41, 5.74) is 1.80. The van der Waals surface area contributed by atoms with Gasteiger partial charge in [0.2, 0.25) is 0 Å². The zero-order valence-electron chi connectivity index (χ0n) is 11.7. The van der Waals surface area contributed by atoms with E-state index in [1.54, 1.807) is 30.5 Å². The Morgan fingerprint density at radius 2 is 1.86 bits per heavy atom. The molecular formula is C16H14BNO4. The van der Waals surface area contributed by atoms with Crippen LogP contribution in [0, 0.1) is 0 Å². The van der Waals surface area contributed by atoms with Gasteiger partial charge >= 0.3 is 13.2 Å². The van der Waals surface area contributed by atoms with Gasteiger partial charge in [-0.3, -0.25) is 4.57 Å². The van der Waals surface area contributed by atoms with Crippen LogP contribution >= 0.6 is 0 Å². The molecule has 0 bridgehead atoms. The molecule has 6 heteroatoms. The fourth-order valence-electron chi connectivity index (χ4n) is 2.25. The van der Waals surface area contributed by atoms with Gasteiger partial charge in [0.1, 0.15) is 6.61 Å². The fraction of sp³-hybridized carbons (Fsp3) is 0.0625. The molecule has 22 heavy (non-hydrogen) atoms. The van der Waals surface area contributed by atoms with Gasteiger partial charge in [0.25, 0.3) is 0 Å². The predicted octanol–water partition coefficient (Wildman–Crippen LogP) is 1.51. The summed E-state index contributed by atoms with van der Waals surface area (Å²) in [6.07, 6.45) is 1.09. The largest absolute Gasteiger partial charge is 0.488 e. The third kappa shape index (κ3) is 2.88. The minimum absolute atomic E-state index is 0.182. The molecule has 0 radical (unpaired) electrons. The Hall–Kier alpha value is -2.57. The summed E-state index contributed by atoms with van der Waals surface area (Å²) in [4.78, 5) is 12.2. The van der Waals surface area contributed by atoms with Crippen LogP contribution in [0.3, 0.4) is 0 Å². The minimum Gasteiger partial charge on any atom is -0.444 e. The molecule has 110 valence electrons. The Bertz CT molecular complexity index is 798. The number of rotatable bonds is 3. The molecule has 0 saturated heterocycles. The number of carbonyl (C=O) groups excluding carboxylic acids is 1. The van der Waals surface area contributed by atoms with Crippen molar-refractivity contribution >= 4 is 29.6 Å². The molecule has 0 atom stereocenters. The van der Waals surface area contributed by atoms with Crippen LogP contribution in [0.25, 0.3) is 10.9 Å². The van der Waals surface area contributed by atoms with Gasteiger partial charge in [-0.25, -0.2) is 4.79 Å². The maximum absolute atomic E-state index is 12.2. The summed E-state index contributed by atoms with van der Waals surface area (Å²) in [7, 11) is -1.58. The van der Waals surface area contributed by atoms with Gasteiger partial charge in [-0.05, 0) is 23.2 Å². The molecule has 0 unspecified atom stereocenters. The number of aromatic nitrogens is 1. The smallest absolute Gasteiger partial charge is 0.444 e. The van der Waals surface area contributed by atoms with Crippen LogP contribution in [0.2, 0.25) is 0 Å².